The molecule has 0 amide bonds. The van der Waals surface area contributed by atoms with Crippen molar-refractivity contribution < 1.29 is 13.2 Å². The third kappa shape index (κ3) is 4.40. The van der Waals surface area contributed by atoms with Gasteiger partial charge >= 0.3 is 0 Å². The number of imidazole rings is 1. The molecule has 3 rings (SSSR count). The van der Waals surface area contributed by atoms with E-state index in [1.54, 1.807) is 12.3 Å². The van der Waals surface area contributed by atoms with E-state index in [4.69, 9.17) is 0 Å². The van der Waals surface area contributed by atoms with Gasteiger partial charge < -0.3 is 4.57 Å². The number of aryl methyl sites for hydroxylation is 3. The average Bonchev–Trinajstić information content (AvgIpc) is 3.08. The summed E-state index contributed by atoms with van der Waals surface area (Å²) in [6.07, 6.45) is 3.76. The van der Waals surface area contributed by atoms with Crippen LogP contribution in [0.3, 0.4) is 0 Å². The molecule has 4 nitrogen and oxygen atoms in total. The zero-order chi connectivity index (χ0) is 17.8. The fraction of sp³-hybridized carbons (Fsp3) is 0.278. The summed E-state index contributed by atoms with van der Waals surface area (Å²) in [5.74, 6) is 0.0809. The van der Waals surface area contributed by atoms with Crippen molar-refractivity contribution in [1.82, 2.24) is 19.7 Å². The zero-order valence-electron chi connectivity index (χ0n) is 14.1. The minimum Gasteiger partial charge on any atom is -0.335 e. The summed E-state index contributed by atoms with van der Waals surface area (Å²) in [5.41, 5.74) is 1.25. The second-order valence-corrected chi connectivity index (χ2v) is 5.61. The Kier molecular flexibility index (Phi) is 6.74. The van der Waals surface area contributed by atoms with E-state index in [9.17, 15) is 13.2 Å². The fourth-order valence-electron chi connectivity index (χ4n) is 2.67. The van der Waals surface area contributed by atoms with Crippen LogP contribution in [0.4, 0.5) is 13.2 Å². The number of nitrogens with zero attached hydrogens (tertiary/aromatic N) is 4. The Bertz CT molecular complexity index is 867. The molecule has 0 atom stereocenters. The van der Waals surface area contributed by atoms with E-state index in [0.717, 1.165) is 30.1 Å². The van der Waals surface area contributed by atoms with Gasteiger partial charge in [0.25, 0.3) is 6.43 Å². The van der Waals surface area contributed by atoms with Gasteiger partial charge in [0.15, 0.2) is 0 Å². The first-order chi connectivity index (χ1) is 12.1. The van der Waals surface area contributed by atoms with Gasteiger partial charge in [0.2, 0.25) is 0 Å². The van der Waals surface area contributed by atoms with E-state index in [0.29, 0.717) is 24.1 Å². The largest absolute Gasteiger partial charge is 0.335 e. The summed E-state index contributed by atoms with van der Waals surface area (Å²) < 4.78 is 41.2. The Labute approximate surface area is 155 Å². The van der Waals surface area contributed by atoms with Gasteiger partial charge in [-0.2, -0.15) is 10.2 Å². The molecular formula is C18H18ClF3N4. The van der Waals surface area contributed by atoms with Crippen molar-refractivity contribution in [3.8, 4) is 11.1 Å². The van der Waals surface area contributed by atoms with Gasteiger partial charge in [0.1, 0.15) is 11.6 Å². The van der Waals surface area contributed by atoms with Crippen molar-refractivity contribution >= 4 is 12.4 Å². The van der Waals surface area contributed by atoms with E-state index in [1.807, 2.05) is 17.7 Å². The molecule has 0 aliphatic rings. The molecule has 0 fully saturated rings. The molecule has 0 aliphatic carbocycles. The average molecular weight is 383 g/mol. The molecule has 138 valence electrons. The van der Waals surface area contributed by atoms with E-state index >= 15 is 0 Å². The van der Waals surface area contributed by atoms with Crippen molar-refractivity contribution in [2.75, 3.05) is 0 Å². The SMILES string of the molecule is CCc1nccn1CCc1cc(-c2ccc(F)c(C(F)F)c2)cnn1.Cl. The second kappa shape index (κ2) is 8.80. The second-order valence-electron chi connectivity index (χ2n) is 5.61. The smallest absolute Gasteiger partial charge is 0.266 e. The van der Waals surface area contributed by atoms with Crippen LogP contribution in [0.5, 0.6) is 0 Å². The lowest BCUT2D eigenvalue weighted by atomic mass is 10.0. The predicted octanol–water partition coefficient (Wildman–Crippen LogP) is 4.64. The van der Waals surface area contributed by atoms with Gasteiger partial charge in [0, 0.05) is 37.3 Å². The summed E-state index contributed by atoms with van der Waals surface area (Å²) in [7, 11) is 0. The zero-order valence-corrected chi connectivity index (χ0v) is 14.9. The summed E-state index contributed by atoms with van der Waals surface area (Å²) in [4.78, 5) is 4.27. The third-order valence-corrected chi connectivity index (χ3v) is 4.00. The number of benzene rings is 1. The molecule has 0 spiro atoms. The van der Waals surface area contributed by atoms with Gasteiger partial charge in [-0.1, -0.05) is 13.0 Å². The Balaban J connectivity index is 0.00000243. The molecule has 8 heteroatoms. The number of rotatable bonds is 6. The van der Waals surface area contributed by atoms with Crippen LogP contribution in [0.25, 0.3) is 11.1 Å². The summed E-state index contributed by atoms with van der Waals surface area (Å²) in [5, 5.41) is 8.03. The Morgan fingerprint density at radius 3 is 2.69 bits per heavy atom. The van der Waals surface area contributed by atoms with Gasteiger partial charge in [-0.05, 0) is 23.8 Å². The van der Waals surface area contributed by atoms with Crippen molar-refractivity contribution in [2.24, 2.45) is 0 Å². The summed E-state index contributed by atoms with van der Waals surface area (Å²) in [6, 6.07) is 5.47. The lowest BCUT2D eigenvalue weighted by Gasteiger charge is -2.08. The fourth-order valence-corrected chi connectivity index (χ4v) is 2.67. The van der Waals surface area contributed by atoms with Crippen LogP contribution >= 0.6 is 12.4 Å². The molecule has 2 heterocycles. The Hall–Kier alpha value is -2.41. The van der Waals surface area contributed by atoms with E-state index in [2.05, 4.69) is 15.2 Å². The van der Waals surface area contributed by atoms with Crippen molar-refractivity contribution in [3.63, 3.8) is 0 Å². The normalized spacial score (nSPS) is 10.8. The molecule has 0 saturated carbocycles. The third-order valence-electron chi connectivity index (χ3n) is 4.00. The van der Waals surface area contributed by atoms with Crippen LogP contribution in [0.1, 0.15) is 30.4 Å². The number of alkyl halides is 2. The van der Waals surface area contributed by atoms with E-state index in [-0.39, 0.29) is 12.4 Å². The lowest BCUT2D eigenvalue weighted by Crippen LogP contribution is -2.06. The topological polar surface area (TPSA) is 43.6 Å². The van der Waals surface area contributed by atoms with Gasteiger partial charge in [-0.25, -0.2) is 18.2 Å². The Morgan fingerprint density at radius 2 is 1.96 bits per heavy atom. The molecule has 0 radical (unpaired) electrons. The number of aromatic nitrogens is 4. The number of hydrogen-bond donors (Lipinski definition) is 0. The van der Waals surface area contributed by atoms with Crippen LogP contribution in [0.15, 0.2) is 42.9 Å². The quantitative estimate of drug-likeness (QED) is 0.623. The predicted molar refractivity (Wildman–Crippen MR) is 94.9 cm³/mol. The standard InChI is InChI=1S/C18H17F3N4.ClH/c1-2-17-22-6-8-25(17)7-5-14-9-13(11-23-24-14)12-3-4-16(19)15(10-12)18(20)21;/h3-4,6,8-11,18H,2,5,7H2,1H3;1H. The van der Waals surface area contributed by atoms with Crippen molar-refractivity contribution in [3.05, 3.63) is 65.8 Å². The highest BCUT2D eigenvalue weighted by molar-refractivity contribution is 5.85. The molecule has 0 bridgehead atoms. The first kappa shape index (κ1) is 19.9. The summed E-state index contributed by atoms with van der Waals surface area (Å²) in [6.45, 7) is 2.74. The van der Waals surface area contributed by atoms with Crippen LogP contribution < -0.4 is 0 Å². The van der Waals surface area contributed by atoms with Gasteiger partial charge in [-0.15, -0.1) is 12.4 Å². The minimum atomic E-state index is -2.86. The monoisotopic (exact) mass is 382 g/mol. The molecule has 0 N–H and O–H groups in total. The van der Waals surface area contributed by atoms with Crippen LogP contribution in [-0.2, 0) is 19.4 Å². The van der Waals surface area contributed by atoms with Crippen molar-refractivity contribution in [2.45, 2.75) is 32.7 Å². The molecular weight excluding hydrogens is 365 g/mol. The highest BCUT2D eigenvalue weighted by atomic mass is 35.5. The summed E-state index contributed by atoms with van der Waals surface area (Å²) >= 11 is 0. The lowest BCUT2D eigenvalue weighted by molar-refractivity contribution is 0.146. The van der Waals surface area contributed by atoms with Gasteiger partial charge in [-0.3, -0.25) is 0 Å². The first-order valence-electron chi connectivity index (χ1n) is 7.98. The maximum absolute atomic E-state index is 13.4. The molecule has 1 aromatic carbocycles. The van der Waals surface area contributed by atoms with Crippen LogP contribution in [0, 0.1) is 5.82 Å². The van der Waals surface area contributed by atoms with Gasteiger partial charge in [0.05, 0.1) is 17.5 Å². The molecule has 26 heavy (non-hydrogen) atoms. The maximum atomic E-state index is 13.4. The van der Waals surface area contributed by atoms with Crippen molar-refractivity contribution in [1.29, 1.82) is 0 Å². The van der Waals surface area contributed by atoms with Crippen LogP contribution in [-0.4, -0.2) is 19.7 Å². The molecule has 3 aromatic rings. The molecule has 0 saturated heterocycles. The Morgan fingerprint density at radius 1 is 1.15 bits per heavy atom. The molecule has 2 aromatic heterocycles. The van der Waals surface area contributed by atoms with E-state index < -0.39 is 17.8 Å². The molecule has 0 unspecified atom stereocenters. The number of hydrogen-bond acceptors (Lipinski definition) is 3. The highest BCUT2D eigenvalue weighted by Crippen LogP contribution is 2.28. The van der Waals surface area contributed by atoms with Crippen LogP contribution in [0.2, 0.25) is 0 Å². The minimum absolute atomic E-state index is 0. The van der Waals surface area contributed by atoms with E-state index in [1.165, 1.54) is 12.3 Å². The number of halogens is 4. The first-order valence-corrected chi connectivity index (χ1v) is 7.98. The molecule has 0 aliphatic heterocycles. The highest BCUT2D eigenvalue weighted by Gasteiger charge is 2.14. The maximum Gasteiger partial charge on any atom is 0.266 e.